The van der Waals surface area contributed by atoms with Gasteiger partial charge >= 0.3 is 0 Å². The molecule has 4 N–H and O–H groups in total. The van der Waals surface area contributed by atoms with Crippen LogP contribution in [0.4, 0.5) is 5.82 Å². The van der Waals surface area contributed by atoms with E-state index in [1.807, 2.05) is 18.3 Å². The molecular formula is C21H22N6O. The summed E-state index contributed by atoms with van der Waals surface area (Å²) < 4.78 is 5.58. The molecule has 0 atom stereocenters. The minimum atomic E-state index is 0.405. The van der Waals surface area contributed by atoms with Crippen LogP contribution in [0.2, 0.25) is 0 Å². The average molecular weight is 374 g/mol. The van der Waals surface area contributed by atoms with Crippen molar-refractivity contribution in [2.24, 2.45) is 5.41 Å². The number of hydrogen-bond donors (Lipinski definition) is 3. The number of pyridine rings is 1. The van der Waals surface area contributed by atoms with Crippen molar-refractivity contribution in [2.45, 2.75) is 13.0 Å². The van der Waals surface area contributed by atoms with Gasteiger partial charge in [-0.1, -0.05) is 12.1 Å². The van der Waals surface area contributed by atoms with Crippen molar-refractivity contribution in [1.82, 2.24) is 25.1 Å². The van der Waals surface area contributed by atoms with Gasteiger partial charge in [-0.05, 0) is 24.6 Å². The fourth-order valence-corrected chi connectivity index (χ4v) is 4.77. The Morgan fingerprint density at radius 2 is 2.11 bits per heavy atom. The third kappa shape index (κ3) is 2.43. The summed E-state index contributed by atoms with van der Waals surface area (Å²) in [5, 5.41) is 9.19. The normalized spacial score (nSPS) is 19.0. The zero-order valence-electron chi connectivity index (χ0n) is 15.5. The Morgan fingerprint density at radius 3 is 2.89 bits per heavy atom. The van der Waals surface area contributed by atoms with Crippen molar-refractivity contribution < 1.29 is 4.74 Å². The summed E-state index contributed by atoms with van der Waals surface area (Å²) in [5.41, 5.74) is 11.7. The van der Waals surface area contributed by atoms with Crippen LogP contribution in [-0.4, -0.2) is 51.4 Å². The van der Waals surface area contributed by atoms with Gasteiger partial charge in [0.15, 0.2) is 0 Å². The van der Waals surface area contributed by atoms with Gasteiger partial charge < -0.3 is 15.5 Å². The van der Waals surface area contributed by atoms with E-state index >= 15 is 0 Å². The van der Waals surface area contributed by atoms with E-state index < -0.39 is 0 Å². The van der Waals surface area contributed by atoms with Crippen LogP contribution in [0.5, 0.6) is 0 Å². The Labute approximate surface area is 161 Å². The van der Waals surface area contributed by atoms with Gasteiger partial charge in [0.25, 0.3) is 0 Å². The van der Waals surface area contributed by atoms with Crippen molar-refractivity contribution in [3.05, 3.63) is 42.2 Å². The van der Waals surface area contributed by atoms with E-state index in [4.69, 9.17) is 10.5 Å². The number of H-pyrrole nitrogens is 2. The Hall–Kier alpha value is -2.90. The first-order valence-electron chi connectivity index (χ1n) is 9.70. The van der Waals surface area contributed by atoms with Crippen LogP contribution in [-0.2, 0) is 11.3 Å². The minimum Gasteiger partial charge on any atom is -0.383 e. The number of anilines is 1. The number of likely N-dealkylation sites (tertiary alicyclic amines) is 1. The molecule has 6 rings (SSSR count). The molecule has 0 saturated carbocycles. The van der Waals surface area contributed by atoms with Crippen molar-refractivity contribution in [2.75, 3.05) is 32.0 Å². The summed E-state index contributed by atoms with van der Waals surface area (Å²) in [6.07, 6.45) is 3.01. The number of rotatable bonds is 3. The van der Waals surface area contributed by atoms with Gasteiger partial charge in [-0.2, -0.15) is 5.10 Å². The number of ether oxygens (including phenoxy) is 1. The SMILES string of the molecule is Nc1nc2cc(-c3cc[nH]n3)ccc2c2[nH]c(CN3CC4(CCOC4)C3)cc12. The van der Waals surface area contributed by atoms with E-state index in [1.165, 1.54) is 12.1 Å². The van der Waals surface area contributed by atoms with Crippen molar-refractivity contribution in [1.29, 1.82) is 0 Å². The topological polar surface area (TPSA) is 95.8 Å². The summed E-state index contributed by atoms with van der Waals surface area (Å²) in [6, 6.07) is 10.3. The van der Waals surface area contributed by atoms with Crippen molar-refractivity contribution in [3.63, 3.8) is 0 Å². The average Bonchev–Trinajstić information content (AvgIpc) is 3.41. The lowest BCUT2D eigenvalue weighted by Gasteiger charge is -2.47. The maximum atomic E-state index is 6.29. The van der Waals surface area contributed by atoms with Gasteiger partial charge in [0, 0.05) is 59.9 Å². The summed E-state index contributed by atoms with van der Waals surface area (Å²) in [7, 11) is 0. The molecule has 0 unspecified atom stereocenters. The Kier molecular flexibility index (Phi) is 3.33. The van der Waals surface area contributed by atoms with E-state index in [0.717, 1.165) is 65.9 Å². The maximum absolute atomic E-state index is 6.29. The number of nitrogens with one attached hydrogen (secondary N) is 2. The van der Waals surface area contributed by atoms with E-state index in [1.54, 1.807) is 0 Å². The lowest BCUT2D eigenvalue weighted by molar-refractivity contribution is -0.0129. The number of fused-ring (bicyclic) bond motifs is 3. The molecule has 2 aliphatic rings. The van der Waals surface area contributed by atoms with Gasteiger partial charge in [0.2, 0.25) is 0 Å². The van der Waals surface area contributed by atoms with E-state index in [9.17, 15) is 0 Å². The molecule has 2 aliphatic heterocycles. The molecule has 0 radical (unpaired) electrons. The molecule has 142 valence electrons. The fourth-order valence-electron chi connectivity index (χ4n) is 4.77. The third-order valence-electron chi connectivity index (χ3n) is 6.15. The number of nitrogen functional groups attached to an aromatic ring is 1. The highest BCUT2D eigenvalue weighted by molar-refractivity contribution is 6.08. The highest BCUT2D eigenvalue weighted by atomic mass is 16.5. The van der Waals surface area contributed by atoms with Gasteiger partial charge in [0.05, 0.1) is 23.3 Å². The van der Waals surface area contributed by atoms with E-state index in [0.29, 0.717) is 11.2 Å². The zero-order chi connectivity index (χ0) is 18.7. The smallest absolute Gasteiger partial charge is 0.133 e. The second kappa shape index (κ2) is 5.80. The molecule has 2 saturated heterocycles. The van der Waals surface area contributed by atoms with Crippen LogP contribution < -0.4 is 5.73 Å². The van der Waals surface area contributed by atoms with Gasteiger partial charge in [-0.15, -0.1) is 0 Å². The lowest BCUT2D eigenvalue weighted by Crippen LogP contribution is -2.56. The molecule has 0 bridgehead atoms. The van der Waals surface area contributed by atoms with Gasteiger partial charge in [-0.3, -0.25) is 10.00 Å². The Balaban J connectivity index is 1.34. The Morgan fingerprint density at radius 1 is 1.18 bits per heavy atom. The monoisotopic (exact) mass is 374 g/mol. The Bertz CT molecular complexity index is 1160. The molecule has 7 nitrogen and oxygen atoms in total. The highest BCUT2D eigenvalue weighted by Gasteiger charge is 2.45. The van der Waals surface area contributed by atoms with Gasteiger partial charge in [-0.25, -0.2) is 4.98 Å². The number of benzene rings is 1. The predicted molar refractivity (Wildman–Crippen MR) is 109 cm³/mol. The molecule has 0 amide bonds. The first-order valence-corrected chi connectivity index (χ1v) is 9.70. The number of aromatic amines is 2. The molecule has 1 spiro atoms. The molecule has 7 heteroatoms. The number of nitrogens with zero attached hydrogens (tertiary/aromatic N) is 3. The quantitative estimate of drug-likeness (QED) is 0.512. The van der Waals surface area contributed by atoms with Crippen molar-refractivity contribution >= 4 is 27.6 Å². The molecule has 28 heavy (non-hydrogen) atoms. The summed E-state index contributed by atoms with van der Waals surface area (Å²) in [6.45, 7) is 4.96. The van der Waals surface area contributed by atoms with E-state index in [-0.39, 0.29) is 0 Å². The number of hydrogen-bond acceptors (Lipinski definition) is 5. The van der Waals surface area contributed by atoms with Crippen LogP contribution in [0.15, 0.2) is 36.5 Å². The number of nitrogens with two attached hydrogens (primary N) is 1. The minimum absolute atomic E-state index is 0.405. The third-order valence-corrected chi connectivity index (χ3v) is 6.15. The van der Waals surface area contributed by atoms with Crippen LogP contribution >= 0.6 is 0 Å². The van der Waals surface area contributed by atoms with Crippen molar-refractivity contribution in [3.8, 4) is 11.3 Å². The molecule has 0 aliphatic carbocycles. The predicted octanol–water partition coefficient (Wildman–Crippen LogP) is 2.91. The lowest BCUT2D eigenvalue weighted by atomic mass is 9.79. The molecule has 5 heterocycles. The largest absolute Gasteiger partial charge is 0.383 e. The number of aromatic nitrogens is 4. The van der Waals surface area contributed by atoms with Gasteiger partial charge in [0.1, 0.15) is 5.82 Å². The fraction of sp³-hybridized carbons (Fsp3) is 0.333. The van der Waals surface area contributed by atoms with Crippen LogP contribution in [0.25, 0.3) is 33.1 Å². The molecule has 1 aromatic carbocycles. The first-order chi connectivity index (χ1) is 13.7. The molecule has 4 aromatic rings. The van der Waals surface area contributed by atoms with Crippen LogP contribution in [0.3, 0.4) is 0 Å². The zero-order valence-corrected chi connectivity index (χ0v) is 15.5. The van der Waals surface area contributed by atoms with Crippen LogP contribution in [0, 0.1) is 5.41 Å². The highest BCUT2D eigenvalue weighted by Crippen LogP contribution is 2.39. The first kappa shape index (κ1) is 16.1. The second-order valence-corrected chi connectivity index (χ2v) is 8.22. The summed E-state index contributed by atoms with van der Waals surface area (Å²) >= 11 is 0. The second-order valence-electron chi connectivity index (χ2n) is 8.22. The van der Waals surface area contributed by atoms with E-state index in [2.05, 4.69) is 43.3 Å². The molecule has 2 fully saturated rings. The standard InChI is InChI=1S/C21H22N6O/c22-20-16-8-14(9-27-10-21(11-27)4-6-28-12-21)24-19(16)15-2-1-13(7-18(15)25-20)17-3-5-23-26-17/h1-3,5,7-8,24H,4,6,9-12H2,(H2,22,25)(H,23,26). The molecule has 3 aromatic heterocycles. The summed E-state index contributed by atoms with van der Waals surface area (Å²) in [5.74, 6) is 0.563. The molecular weight excluding hydrogens is 352 g/mol. The summed E-state index contributed by atoms with van der Waals surface area (Å²) in [4.78, 5) is 10.7. The van der Waals surface area contributed by atoms with Crippen LogP contribution in [0.1, 0.15) is 12.1 Å². The maximum Gasteiger partial charge on any atom is 0.133 e.